The molecule has 1 rings (SSSR count). The van der Waals surface area contributed by atoms with Gasteiger partial charge in [-0.25, -0.2) is 4.98 Å². The Bertz CT molecular complexity index is 247. The quantitative estimate of drug-likeness (QED) is 0.677. The van der Waals surface area contributed by atoms with Gasteiger partial charge in [0.1, 0.15) is 0 Å². The zero-order valence-corrected chi connectivity index (χ0v) is 8.99. The predicted octanol–water partition coefficient (Wildman–Crippen LogP) is 1.74. The average molecular weight is 197 g/mol. The van der Waals surface area contributed by atoms with Gasteiger partial charge >= 0.3 is 0 Å². The molecule has 0 aromatic carbocycles. The number of anilines is 1. The Morgan fingerprint density at radius 2 is 2.43 bits per heavy atom. The first-order valence-electron chi connectivity index (χ1n) is 5.12. The molecule has 1 heterocycles. The first kappa shape index (κ1) is 11.0. The SMILES string of the molecule is CCCn1ccnc1NCCCOC. The van der Waals surface area contributed by atoms with Gasteiger partial charge in [-0.1, -0.05) is 6.92 Å². The Morgan fingerprint density at radius 3 is 3.14 bits per heavy atom. The van der Waals surface area contributed by atoms with E-state index in [0.717, 1.165) is 38.5 Å². The highest BCUT2D eigenvalue weighted by Gasteiger charge is 1.99. The highest BCUT2D eigenvalue weighted by Crippen LogP contribution is 2.04. The van der Waals surface area contributed by atoms with Gasteiger partial charge in [0, 0.05) is 39.2 Å². The van der Waals surface area contributed by atoms with Crippen LogP contribution in [0.3, 0.4) is 0 Å². The molecule has 0 bridgehead atoms. The van der Waals surface area contributed by atoms with Crippen molar-refractivity contribution >= 4 is 5.95 Å². The van der Waals surface area contributed by atoms with Gasteiger partial charge in [0.25, 0.3) is 0 Å². The molecular formula is C10H19N3O. The maximum atomic E-state index is 4.97. The molecule has 14 heavy (non-hydrogen) atoms. The van der Waals surface area contributed by atoms with Gasteiger partial charge in [-0.3, -0.25) is 0 Å². The molecule has 0 atom stereocenters. The van der Waals surface area contributed by atoms with Crippen molar-refractivity contribution in [1.29, 1.82) is 0 Å². The zero-order valence-electron chi connectivity index (χ0n) is 8.99. The number of nitrogens with one attached hydrogen (secondary N) is 1. The van der Waals surface area contributed by atoms with E-state index in [9.17, 15) is 0 Å². The molecule has 80 valence electrons. The molecule has 0 unspecified atom stereocenters. The third-order valence-corrected chi connectivity index (χ3v) is 1.99. The van der Waals surface area contributed by atoms with E-state index in [2.05, 4.69) is 21.8 Å². The Labute approximate surface area is 85.3 Å². The van der Waals surface area contributed by atoms with Crippen molar-refractivity contribution < 1.29 is 4.74 Å². The molecule has 0 saturated carbocycles. The molecule has 0 fully saturated rings. The zero-order chi connectivity index (χ0) is 10.2. The van der Waals surface area contributed by atoms with Crippen LogP contribution in [-0.2, 0) is 11.3 Å². The topological polar surface area (TPSA) is 39.1 Å². The van der Waals surface area contributed by atoms with E-state index >= 15 is 0 Å². The van der Waals surface area contributed by atoms with Crippen molar-refractivity contribution in [1.82, 2.24) is 9.55 Å². The van der Waals surface area contributed by atoms with Crippen LogP contribution in [0.5, 0.6) is 0 Å². The molecule has 4 heteroatoms. The fourth-order valence-electron chi connectivity index (χ4n) is 1.31. The van der Waals surface area contributed by atoms with Crippen molar-refractivity contribution in [3.8, 4) is 0 Å². The standard InChI is InChI=1S/C10H19N3O/c1-3-7-13-8-6-12-10(13)11-5-4-9-14-2/h6,8H,3-5,7,9H2,1-2H3,(H,11,12). The summed E-state index contributed by atoms with van der Waals surface area (Å²) in [6, 6.07) is 0. The first-order valence-corrected chi connectivity index (χ1v) is 5.12. The first-order chi connectivity index (χ1) is 6.88. The fourth-order valence-corrected chi connectivity index (χ4v) is 1.31. The largest absolute Gasteiger partial charge is 0.385 e. The van der Waals surface area contributed by atoms with Gasteiger partial charge in [0.2, 0.25) is 5.95 Å². The molecule has 1 aromatic heterocycles. The van der Waals surface area contributed by atoms with Crippen LogP contribution in [0.25, 0.3) is 0 Å². The number of aromatic nitrogens is 2. The lowest BCUT2D eigenvalue weighted by atomic mass is 10.4. The highest BCUT2D eigenvalue weighted by molar-refractivity contribution is 5.25. The molecule has 0 spiro atoms. The van der Waals surface area contributed by atoms with Gasteiger partial charge in [0.05, 0.1) is 0 Å². The van der Waals surface area contributed by atoms with E-state index in [-0.39, 0.29) is 0 Å². The molecule has 0 aliphatic carbocycles. The van der Waals surface area contributed by atoms with Crippen molar-refractivity contribution in [2.24, 2.45) is 0 Å². The summed E-state index contributed by atoms with van der Waals surface area (Å²) in [6.45, 7) is 4.89. The fraction of sp³-hybridized carbons (Fsp3) is 0.700. The molecule has 4 nitrogen and oxygen atoms in total. The van der Waals surface area contributed by atoms with E-state index in [4.69, 9.17) is 4.74 Å². The number of methoxy groups -OCH3 is 1. The lowest BCUT2D eigenvalue weighted by Gasteiger charge is -2.08. The molecule has 0 amide bonds. The molecule has 1 N–H and O–H groups in total. The van der Waals surface area contributed by atoms with Crippen molar-refractivity contribution in [3.63, 3.8) is 0 Å². The number of imidazole rings is 1. The van der Waals surface area contributed by atoms with E-state index < -0.39 is 0 Å². The number of hydrogen-bond acceptors (Lipinski definition) is 3. The van der Waals surface area contributed by atoms with Crippen LogP contribution >= 0.6 is 0 Å². The van der Waals surface area contributed by atoms with Gasteiger partial charge in [-0.05, 0) is 12.8 Å². The van der Waals surface area contributed by atoms with Gasteiger partial charge < -0.3 is 14.6 Å². The Morgan fingerprint density at radius 1 is 1.57 bits per heavy atom. The lowest BCUT2D eigenvalue weighted by Crippen LogP contribution is -2.10. The minimum Gasteiger partial charge on any atom is -0.385 e. The number of nitrogens with zero attached hydrogens (tertiary/aromatic N) is 2. The minimum atomic E-state index is 0.793. The van der Waals surface area contributed by atoms with Crippen LogP contribution < -0.4 is 5.32 Å². The highest BCUT2D eigenvalue weighted by atomic mass is 16.5. The Hall–Kier alpha value is -1.03. The van der Waals surface area contributed by atoms with Gasteiger partial charge in [0.15, 0.2) is 0 Å². The van der Waals surface area contributed by atoms with Crippen molar-refractivity contribution in [2.45, 2.75) is 26.3 Å². The summed E-state index contributed by atoms with van der Waals surface area (Å²) >= 11 is 0. The van der Waals surface area contributed by atoms with Crippen molar-refractivity contribution in [3.05, 3.63) is 12.4 Å². The monoisotopic (exact) mass is 197 g/mol. The number of ether oxygens (including phenoxy) is 1. The molecule has 0 saturated heterocycles. The van der Waals surface area contributed by atoms with Gasteiger partial charge in [-0.15, -0.1) is 0 Å². The van der Waals surface area contributed by atoms with Crippen LogP contribution in [0.1, 0.15) is 19.8 Å². The third kappa shape index (κ3) is 3.38. The van der Waals surface area contributed by atoms with Crippen LogP contribution in [0.15, 0.2) is 12.4 Å². The number of aryl methyl sites for hydroxylation is 1. The third-order valence-electron chi connectivity index (χ3n) is 1.99. The molecule has 1 aromatic rings. The summed E-state index contributed by atoms with van der Waals surface area (Å²) in [4.78, 5) is 4.24. The molecule has 0 aliphatic heterocycles. The van der Waals surface area contributed by atoms with Crippen LogP contribution in [0.4, 0.5) is 5.95 Å². The maximum Gasteiger partial charge on any atom is 0.202 e. The van der Waals surface area contributed by atoms with E-state index in [1.165, 1.54) is 0 Å². The minimum absolute atomic E-state index is 0.793. The van der Waals surface area contributed by atoms with Crippen LogP contribution in [0, 0.1) is 0 Å². The lowest BCUT2D eigenvalue weighted by molar-refractivity contribution is 0.197. The average Bonchev–Trinajstić information content (AvgIpc) is 2.61. The Balaban J connectivity index is 2.30. The normalized spacial score (nSPS) is 10.4. The Kier molecular flexibility index (Phi) is 5.07. The van der Waals surface area contributed by atoms with Crippen LogP contribution in [0.2, 0.25) is 0 Å². The summed E-state index contributed by atoms with van der Waals surface area (Å²) in [7, 11) is 1.72. The van der Waals surface area contributed by atoms with E-state index in [1.807, 2.05) is 12.4 Å². The summed E-state index contributed by atoms with van der Waals surface area (Å²) in [6.07, 6.45) is 5.97. The second-order valence-corrected chi connectivity index (χ2v) is 3.22. The summed E-state index contributed by atoms with van der Waals surface area (Å²) in [5.41, 5.74) is 0. The number of rotatable bonds is 7. The summed E-state index contributed by atoms with van der Waals surface area (Å²) in [5, 5.41) is 3.28. The second-order valence-electron chi connectivity index (χ2n) is 3.22. The molecule has 0 radical (unpaired) electrons. The predicted molar refractivity (Wildman–Crippen MR) is 57.5 cm³/mol. The number of hydrogen-bond donors (Lipinski definition) is 1. The smallest absolute Gasteiger partial charge is 0.202 e. The van der Waals surface area contributed by atoms with E-state index in [0.29, 0.717) is 0 Å². The summed E-state index contributed by atoms with van der Waals surface area (Å²) in [5.74, 6) is 0.961. The van der Waals surface area contributed by atoms with E-state index in [1.54, 1.807) is 7.11 Å². The summed E-state index contributed by atoms with van der Waals surface area (Å²) < 4.78 is 7.10. The van der Waals surface area contributed by atoms with Crippen LogP contribution in [-0.4, -0.2) is 29.8 Å². The second kappa shape index (κ2) is 6.43. The molecule has 0 aliphatic rings. The molecular weight excluding hydrogens is 178 g/mol. The maximum absolute atomic E-state index is 4.97. The van der Waals surface area contributed by atoms with Crippen molar-refractivity contribution in [2.75, 3.05) is 25.6 Å². The van der Waals surface area contributed by atoms with Gasteiger partial charge in [-0.2, -0.15) is 0 Å².